The Morgan fingerprint density at radius 3 is 2.12 bits per heavy atom. The van der Waals surface area contributed by atoms with E-state index in [0.29, 0.717) is 42.9 Å². The van der Waals surface area contributed by atoms with Crippen molar-refractivity contribution < 1.29 is 19.4 Å². The van der Waals surface area contributed by atoms with E-state index < -0.39 is 11.5 Å². The molecule has 0 unspecified atom stereocenters. The van der Waals surface area contributed by atoms with Crippen LogP contribution in [0.25, 0.3) is 16.9 Å². The minimum atomic E-state index is -1.03. The molecule has 1 aliphatic heterocycles. The van der Waals surface area contributed by atoms with Crippen molar-refractivity contribution >= 4 is 30.1 Å². The van der Waals surface area contributed by atoms with E-state index in [0.717, 1.165) is 11.1 Å². The summed E-state index contributed by atoms with van der Waals surface area (Å²) >= 11 is 0. The fourth-order valence-corrected chi connectivity index (χ4v) is 4.90. The summed E-state index contributed by atoms with van der Waals surface area (Å²) in [5.74, 6) is -1.48. The van der Waals surface area contributed by atoms with Crippen LogP contribution in [0.5, 0.6) is 0 Å². The zero-order valence-corrected chi connectivity index (χ0v) is 24.0. The van der Waals surface area contributed by atoms with Gasteiger partial charge >= 0.3 is 5.97 Å². The fraction of sp³-hybridized carbons (Fsp3) is 0.379. The van der Waals surface area contributed by atoms with E-state index >= 15 is 0 Å². The summed E-state index contributed by atoms with van der Waals surface area (Å²) in [6.07, 6.45) is 0.728. The number of benzene rings is 2. The minimum Gasteiger partial charge on any atom is -0.480 e. The lowest BCUT2D eigenvalue weighted by Gasteiger charge is -2.31. The zero-order valence-electron chi connectivity index (χ0n) is 23.1. The molecule has 1 aliphatic rings. The van der Waals surface area contributed by atoms with Gasteiger partial charge in [0.25, 0.3) is 11.5 Å². The number of amides is 1. The summed E-state index contributed by atoms with van der Waals surface area (Å²) in [6.45, 7) is 6.70. The molecule has 0 aliphatic carbocycles. The highest BCUT2D eigenvalue weighted by molar-refractivity contribution is 6.00. The molecule has 1 amide bonds. The normalized spacial score (nSPS) is 14.1. The molecule has 0 radical (unpaired) electrons. The number of piperidine rings is 1. The molecule has 10 nitrogen and oxygen atoms in total. The lowest BCUT2D eigenvalue weighted by Crippen LogP contribution is -2.42. The average molecular weight is 570 g/mol. The number of rotatable bonds is 7. The van der Waals surface area contributed by atoms with Gasteiger partial charge in [-0.15, -0.1) is 12.4 Å². The highest BCUT2D eigenvalue weighted by atomic mass is 35.5. The number of nitrogens with zero attached hydrogens (tertiary/aromatic N) is 3. The number of carbonyl (C=O) groups is 2. The van der Waals surface area contributed by atoms with Crippen LogP contribution in [0.1, 0.15) is 55.1 Å². The number of hydrogen-bond donors (Lipinski definition) is 3. The van der Waals surface area contributed by atoms with Crippen molar-refractivity contribution in [2.45, 2.75) is 45.1 Å². The number of aromatic nitrogens is 2. The first kappa shape index (κ1) is 30.6. The third kappa shape index (κ3) is 6.29. The van der Waals surface area contributed by atoms with E-state index in [1.165, 1.54) is 4.68 Å². The van der Waals surface area contributed by atoms with Crippen molar-refractivity contribution in [1.82, 2.24) is 14.3 Å². The molecule has 0 atom stereocenters. The van der Waals surface area contributed by atoms with Gasteiger partial charge in [-0.05, 0) is 48.1 Å². The highest BCUT2D eigenvalue weighted by Crippen LogP contribution is 2.29. The predicted octanol–water partition coefficient (Wildman–Crippen LogP) is 3.55. The molecule has 0 saturated carbocycles. The maximum absolute atomic E-state index is 13.9. The number of nitrogens with two attached hydrogens (primary N) is 1. The highest BCUT2D eigenvalue weighted by Gasteiger charge is 2.32. The van der Waals surface area contributed by atoms with Crippen LogP contribution in [-0.4, -0.2) is 62.9 Å². The second-order valence-corrected chi connectivity index (χ2v) is 10.8. The number of carboxylic acid groups (broad SMARTS) is 1. The molecular weight excluding hydrogens is 534 g/mol. The molecule has 0 bridgehead atoms. The SMILES string of the molecule is Cl.Cn1c(-c2ccc(C(C)(C)C)cc2)c(C(=O)N2CCC(OCC(=O)O)CC2)c(=O)n1-c1ccc(C(=N)N)cc1. The van der Waals surface area contributed by atoms with Crippen LogP contribution in [0.4, 0.5) is 0 Å². The van der Waals surface area contributed by atoms with Gasteiger partial charge in [-0.3, -0.25) is 19.7 Å². The number of amidine groups is 1. The van der Waals surface area contributed by atoms with Gasteiger partial charge in [0.1, 0.15) is 18.0 Å². The number of hydrogen-bond acceptors (Lipinski definition) is 5. The maximum Gasteiger partial charge on any atom is 0.329 e. The van der Waals surface area contributed by atoms with Gasteiger partial charge in [0, 0.05) is 31.3 Å². The molecular formula is C29H36ClN5O5. The molecule has 1 saturated heterocycles. The second-order valence-electron chi connectivity index (χ2n) is 10.8. The van der Waals surface area contributed by atoms with Gasteiger partial charge in [0.15, 0.2) is 0 Å². The number of carbonyl (C=O) groups excluding carboxylic acids is 1. The van der Waals surface area contributed by atoms with E-state index in [4.69, 9.17) is 21.0 Å². The number of aliphatic carboxylic acids is 1. The quantitative estimate of drug-likeness (QED) is 0.293. The lowest BCUT2D eigenvalue weighted by atomic mass is 9.86. The number of halogens is 1. The van der Waals surface area contributed by atoms with Crippen LogP contribution in [0.15, 0.2) is 53.3 Å². The summed E-state index contributed by atoms with van der Waals surface area (Å²) in [4.78, 5) is 40.2. The standard InChI is InChI=1S/C29H35N5O5.ClH/c1-29(2,3)20-9-5-18(6-10-20)25-24(27(37)33-15-13-22(14-16-33)39-17-23(35)36)28(38)34(32(25)4)21-11-7-19(8-12-21)26(30)31;/h5-12,22H,13-17H2,1-4H3,(H3,30,31)(H,35,36);1H. The van der Waals surface area contributed by atoms with Gasteiger partial charge < -0.3 is 20.5 Å². The first-order valence-corrected chi connectivity index (χ1v) is 12.9. The van der Waals surface area contributed by atoms with Gasteiger partial charge in [-0.2, -0.15) is 0 Å². The smallest absolute Gasteiger partial charge is 0.329 e. The zero-order chi connectivity index (χ0) is 28.5. The van der Waals surface area contributed by atoms with Crippen molar-refractivity contribution in [1.29, 1.82) is 5.41 Å². The van der Waals surface area contributed by atoms with Crippen LogP contribution in [0.2, 0.25) is 0 Å². The van der Waals surface area contributed by atoms with E-state index in [2.05, 4.69) is 20.8 Å². The molecule has 11 heteroatoms. The van der Waals surface area contributed by atoms with Crippen LogP contribution in [0, 0.1) is 5.41 Å². The molecule has 0 spiro atoms. The summed E-state index contributed by atoms with van der Waals surface area (Å²) in [5.41, 5.74) is 8.61. The molecule has 1 fully saturated rings. The molecule has 1 aromatic heterocycles. The van der Waals surface area contributed by atoms with Crippen molar-refractivity contribution in [3.63, 3.8) is 0 Å². The summed E-state index contributed by atoms with van der Waals surface area (Å²) in [7, 11) is 1.75. The second kappa shape index (κ2) is 12.1. The summed E-state index contributed by atoms with van der Waals surface area (Å²) < 4.78 is 8.55. The molecule has 214 valence electrons. The molecule has 2 heterocycles. The minimum absolute atomic E-state index is 0. The van der Waals surface area contributed by atoms with E-state index in [-0.39, 0.29) is 47.8 Å². The molecule has 40 heavy (non-hydrogen) atoms. The van der Waals surface area contributed by atoms with Crippen molar-refractivity contribution in [2.75, 3.05) is 19.7 Å². The average Bonchev–Trinajstić information content (AvgIpc) is 3.16. The number of nitrogens with one attached hydrogen (secondary N) is 1. The summed E-state index contributed by atoms with van der Waals surface area (Å²) in [6, 6.07) is 14.6. The van der Waals surface area contributed by atoms with Crippen LogP contribution >= 0.6 is 12.4 Å². The Morgan fingerprint density at radius 1 is 1.05 bits per heavy atom. The van der Waals surface area contributed by atoms with E-state index in [9.17, 15) is 14.4 Å². The Kier molecular flexibility index (Phi) is 9.27. The summed E-state index contributed by atoms with van der Waals surface area (Å²) in [5, 5.41) is 16.5. The van der Waals surface area contributed by atoms with Crippen LogP contribution in [-0.2, 0) is 22.0 Å². The molecule has 4 rings (SSSR count). The third-order valence-electron chi connectivity index (χ3n) is 7.10. The predicted molar refractivity (Wildman–Crippen MR) is 156 cm³/mol. The molecule has 4 N–H and O–H groups in total. The van der Waals surface area contributed by atoms with Crippen molar-refractivity contribution in [2.24, 2.45) is 12.8 Å². The van der Waals surface area contributed by atoms with Gasteiger partial charge in [0.05, 0.1) is 17.5 Å². The largest absolute Gasteiger partial charge is 0.480 e. The number of ether oxygens (including phenoxy) is 1. The Labute approximate surface area is 239 Å². The van der Waals surface area contributed by atoms with Crippen LogP contribution in [0.3, 0.4) is 0 Å². The fourth-order valence-electron chi connectivity index (χ4n) is 4.90. The molecule has 3 aromatic rings. The van der Waals surface area contributed by atoms with Crippen molar-refractivity contribution in [3.05, 3.63) is 75.6 Å². The number of carboxylic acids is 1. The topological polar surface area (TPSA) is 144 Å². The van der Waals surface area contributed by atoms with E-state index in [1.807, 2.05) is 24.3 Å². The maximum atomic E-state index is 13.9. The number of likely N-dealkylation sites (tertiary alicyclic amines) is 1. The Bertz CT molecular complexity index is 1440. The number of nitrogen functional groups attached to an aromatic ring is 1. The molecule has 2 aromatic carbocycles. The Morgan fingerprint density at radius 2 is 1.62 bits per heavy atom. The third-order valence-corrected chi connectivity index (χ3v) is 7.10. The van der Waals surface area contributed by atoms with Crippen LogP contribution < -0.4 is 11.3 Å². The van der Waals surface area contributed by atoms with E-state index in [1.54, 1.807) is 40.9 Å². The van der Waals surface area contributed by atoms with Gasteiger partial charge in [-0.1, -0.05) is 45.0 Å². The van der Waals surface area contributed by atoms with Gasteiger partial charge in [-0.25, -0.2) is 9.48 Å². The Hall–Kier alpha value is -3.89. The lowest BCUT2D eigenvalue weighted by molar-refractivity contribution is -0.145. The van der Waals surface area contributed by atoms with Crippen molar-refractivity contribution in [3.8, 4) is 16.9 Å². The monoisotopic (exact) mass is 569 g/mol. The first-order chi connectivity index (χ1) is 18.4. The first-order valence-electron chi connectivity index (χ1n) is 12.9. The Balaban J connectivity index is 0.00000441. The van der Waals surface area contributed by atoms with Gasteiger partial charge in [0.2, 0.25) is 0 Å².